The van der Waals surface area contributed by atoms with Crippen LogP contribution in [-0.2, 0) is 9.59 Å². The molecule has 2 aromatic carbocycles. The predicted octanol–water partition coefficient (Wildman–Crippen LogP) is 2.94. The first kappa shape index (κ1) is 15.1. The number of carbonyl (C=O) groups is 2. The number of para-hydroxylation sites is 1. The molecular weight excluding hydrogens is 292 g/mol. The van der Waals surface area contributed by atoms with E-state index in [2.05, 4.69) is 10.6 Å². The van der Waals surface area contributed by atoms with Crippen molar-refractivity contribution in [1.29, 1.82) is 0 Å². The predicted molar refractivity (Wildman–Crippen MR) is 87.3 cm³/mol. The number of amides is 2. The minimum Gasteiger partial charge on any atom is -0.457 e. The topological polar surface area (TPSA) is 67.4 Å². The Balaban J connectivity index is 1.48. The lowest BCUT2D eigenvalue weighted by Crippen LogP contribution is -2.33. The van der Waals surface area contributed by atoms with E-state index in [0.29, 0.717) is 11.4 Å². The lowest BCUT2D eigenvalue weighted by molar-refractivity contribution is -0.125. The first-order chi connectivity index (χ1) is 11.2. The smallest absolute Gasteiger partial charge is 0.243 e. The SMILES string of the molecule is O=C(CNC(=O)C1CC1)Nc1ccc(Oc2ccccc2)cc1. The zero-order chi connectivity index (χ0) is 16.1. The molecule has 0 aliphatic heterocycles. The van der Waals surface area contributed by atoms with Crippen LogP contribution in [0.4, 0.5) is 5.69 Å². The van der Waals surface area contributed by atoms with Crippen LogP contribution in [-0.4, -0.2) is 18.4 Å². The molecule has 5 heteroatoms. The third kappa shape index (κ3) is 4.57. The van der Waals surface area contributed by atoms with Crippen molar-refractivity contribution in [2.75, 3.05) is 11.9 Å². The molecule has 0 unspecified atom stereocenters. The van der Waals surface area contributed by atoms with E-state index >= 15 is 0 Å². The van der Waals surface area contributed by atoms with Gasteiger partial charge in [0.25, 0.3) is 0 Å². The Morgan fingerprint density at radius 3 is 2.26 bits per heavy atom. The van der Waals surface area contributed by atoms with Crippen molar-refractivity contribution in [2.24, 2.45) is 5.92 Å². The van der Waals surface area contributed by atoms with Gasteiger partial charge in [-0.25, -0.2) is 0 Å². The van der Waals surface area contributed by atoms with Crippen LogP contribution in [0.3, 0.4) is 0 Å². The lowest BCUT2D eigenvalue weighted by atomic mass is 10.3. The van der Waals surface area contributed by atoms with Gasteiger partial charge < -0.3 is 15.4 Å². The van der Waals surface area contributed by atoms with Crippen molar-refractivity contribution in [1.82, 2.24) is 5.32 Å². The summed E-state index contributed by atoms with van der Waals surface area (Å²) in [6.07, 6.45) is 1.85. The Kier molecular flexibility index (Phi) is 4.57. The van der Waals surface area contributed by atoms with Crippen molar-refractivity contribution in [3.63, 3.8) is 0 Å². The molecule has 0 spiro atoms. The number of anilines is 1. The minimum atomic E-state index is -0.240. The van der Waals surface area contributed by atoms with Gasteiger partial charge in [0.2, 0.25) is 11.8 Å². The summed E-state index contributed by atoms with van der Waals surface area (Å²) in [5, 5.41) is 5.37. The quantitative estimate of drug-likeness (QED) is 0.862. The van der Waals surface area contributed by atoms with Gasteiger partial charge in [-0.3, -0.25) is 9.59 Å². The van der Waals surface area contributed by atoms with E-state index in [1.165, 1.54) is 0 Å². The van der Waals surface area contributed by atoms with Gasteiger partial charge in [0, 0.05) is 11.6 Å². The fourth-order valence-corrected chi connectivity index (χ4v) is 2.09. The highest BCUT2D eigenvalue weighted by molar-refractivity contribution is 5.95. The van der Waals surface area contributed by atoms with E-state index in [0.717, 1.165) is 18.6 Å². The summed E-state index contributed by atoms with van der Waals surface area (Å²) >= 11 is 0. The molecule has 2 amide bonds. The monoisotopic (exact) mass is 310 g/mol. The van der Waals surface area contributed by atoms with E-state index in [1.807, 2.05) is 30.3 Å². The summed E-state index contributed by atoms with van der Waals surface area (Å²) < 4.78 is 5.68. The number of hydrogen-bond acceptors (Lipinski definition) is 3. The Bertz CT molecular complexity index is 679. The molecule has 0 bridgehead atoms. The van der Waals surface area contributed by atoms with E-state index < -0.39 is 0 Å². The highest BCUT2D eigenvalue weighted by Crippen LogP contribution is 2.28. The molecule has 23 heavy (non-hydrogen) atoms. The first-order valence-corrected chi connectivity index (χ1v) is 7.61. The summed E-state index contributed by atoms with van der Waals surface area (Å²) in [7, 11) is 0. The Labute approximate surface area is 134 Å². The first-order valence-electron chi connectivity index (χ1n) is 7.61. The van der Waals surface area contributed by atoms with Crippen molar-refractivity contribution >= 4 is 17.5 Å². The van der Waals surface area contributed by atoms with Gasteiger partial charge in [0.1, 0.15) is 11.5 Å². The van der Waals surface area contributed by atoms with E-state index in [1.54, 1.807) is 24.3 Å². The van der Waals surface area contributed by atoms with Gasteiger partial charge in [-0.15, -0.1) is 0 Å². The second-order valence-electron chi connectivity index (χ2n) is 5.48. The largest absolute Gasteiger partial charge is 0.457 e. The Morgan fingerprint density at radius 2 is 1.61 bits per heavy atom. The van der Waals surface area contributed by atoms with Gasteiger partial charge in [0.05, 0.1) is 6.54 Å². The molecular formula is C18H18N2O3. The molecule has 1 saturated carbocycles. The Hall–Kier alpha value is -2.82. The van der Waals surface area contributed by atoms with Crippen molar-refractivity contribution < 1.29 is 14.3 Å². The van der Waals surface area contributed by atoms with Crippen LogP contribution in [0, 0.1) is 5.92 Å². The summed E-state index contributed by atoms with van der Waals surface area (Å²) in [6.45, 7) is -0.00238. The normalized spacial score (nSPS) is 13.2. The maximum atomic E-state index is 11.8. The molecule has 0 atom stereocenters. The minimum absolute atomic E-state index is 0.00238. The molecule has 0 aromatic heterocycles. The van der Waals surface area contributed by atoms with Crippen LogP contribution in [0.15, 0.2) is 54.6 Å². The fourth-order valence-electron chi connectivity index (χ4n) is 2.09. The zero-order valence-electron chi connectivity index (χ0n) is 12.6. The second-order valence-corrected chi connectivity index (χ2v) is 5.48. The number of nitrogens with one attached hydrogen (secondary N) is 2. The highest BCUT2D eigenvalue weighted by Gasteiger charge is 2.29. The average molecular weight is 310 g/mol. The van der Waals surface area contributed by atoms with Crippen LogP contribution in [0.2, 0.25) is 0 Å². The van der Waals surface area contributed by atoms with Crippen molar-refractivity contribution in [3.05, 3.63) is 54.6 Å². The summed E-state index contributed by atoms with van der Waals surface area (Å²) in [5.41, 5.74) is 0.663. The lowest BCUT2D eigenvalue weighted by Gasteiger charge is -2.08. The van der Waals surface area contributed by atoms with Crippen LogP contribution < -0.4 is 15.4 Å². The number of hydrogen-bond donors (Lipinski definition) is 2. The number of carbonyl (C=O) groups excluding carboxylic acids is 2. The average Bonchev–Trinajstić information content (AvgIpc) is 3.40. The summed E-state index contributed by atoms with van der Waals surface area (Å²) in [4.78, 5) is 23.3. The van der Waals surface area contributed by atoms with Crippen molar-refractivity contribution in [2.45, 2.75) is 12.8 Å². The van der Waals surface area contributed by atoms with Crippen LogP contribution in [0.5, 0.6) is 11.5 Å². The van der Waals surface area contributed by atoms with E-state index in [-0.39, 0.29) is 24.3 Å². The van der Waals surface area contributed by atoms with Gasteiger partial charge in [-0.2, -0.15) is 0 Å². The molecule has 118 valence electrons. The van der Waals surface area contributed by atoms with Crippen LogP contribution in [0.1, 0.15) is 12.8 Å². The summed E-state index contributed by atoms with van der Waals surface area (Å²) in [6, 6.07) is 16.6. The number of rotatable bonds is 6. The molecule has 1 fully saturated rings. The highest BCUT2D eigenvalue weighted by atomic mass is 16.5. The van der Waals surface area contributed by atoms with Gasteiger partial charge in [-0.1, -0.05) is 18.2 Å². The van der Waals surface area contributed by atoms with Gasteiger partial charge in [-0.05, 0) is 49.2 Å². The third-order valence-corrected chi connectivity index (χ3v) is 3.49. The van der Waals surface area contributed by atoms with Gasteiger partial charge >= 0.3 is 0 Å². The Morgan fingerprint density at radius 1 is 0.957 bits per heavy atom. The molecule has 2 aromatic rings. The molecule has 1 aliphatic carbocycles. The van der Waals surface area contributed by atoms with Crippen LogP contribution >= 0.6 is 0 Å². The number of benzene rings is 2. The summed E-state index contributed by atoms with van der Waals surface area (Å²) in [5.74, 6) is 1.28. The molecule has 5 nitrogen and oxygen atoms in total. The molecule has 0 heterocycles. The van der Waals surface area contributed by atoms with E-state index in [4.69, 9.17) is 4.74 Å². The molecule has 0 saturated heterocycles. The second kappa shape index (κ2) is 6.96. The van der Waals surface area contributed by atoms with Crippen molar-refractivity contribution in [3.8, 4) is 11.5 Å². The van der Waals surface area contributed by atoms with E-state index in [9.17, 15) is 9.59 Å². The number of ether oxygens (including phenoxy) is 1. The molecule has 0 radical (unpaired) electrons. The molecule has 3 rings (SSSR count). The maximum absolute atomic E-state index is 11.8. The zero-order valence-corrected chi connectivity index (χ0v) is 12.6. The van der Waals surface area contributed by atoms with Gasteiger partial charge in [0.15, 0.2) is 0 Å². The standard InChI is InChI=1S/C18H18N2O3/c21-17(12-19-18(22)13-6-7-13)20-14-8-10-16(11-9-14)23-15-4-2-1-3-5-15/h1-5,8-11,13H,6-7,12H2,(H,19,22)(H,20,21). The third-order valence-electron chi connectivity index (χ3n) is 3.49. The van der Waals surface area contributed by atoms with Crippen LogP contribution in [0.25, 0.3) is 0 Å². The fraction of sp³-hybridized carbons (Fsp3) is 0.222. The molecule has 2 N–H and O–H groups in total. The maximum Gasteiger partial charge on any atom is 0.243 e. The molecule has 1 aliphatic rings.